The average molecular weight is 291 g/mol. The first-order valence-electron chi connectivity index (χ1n) is 6.09. The number of hydrogen-bond acceptors (Lipinski definition) is 5. The third kappa shape index (κ3) is 4.68. The summed E-state index contributed by atoms with van der Waals surface area (Å²) in [6.07, 6.45) is 4.47. The molecule has 1 aromatic rings. The Kier molecular flexibility index (Phi) is 6.53. The van der Waals surface area contributed by atoms with Crippen LogP contribution in [0, 0.1) is 0 Å². The normalized spacial score (nSPS) is 10.1. The molecule has 0 heterocycles. The fraction of sp³-hybridized carbons (Fsp3) is 0.200. The second kappa shape index (κ2) is 8.42. The molecule has 1 rings (SSSR count). The number of carbonyl (C=O) groups is 1. The van der Waals surface area contributed by atoms with Crippen molar-refractivity contribution in [3.63, 3.8) is 0 Å². The van der Waals surface area contributed by atoms with Gasteiger partial charge in [-0.1, -0.05) is 30.5 Å². The predicted octanol–water partition coefficient (Wildman–Crippen LogP) is 2.49. The summed E-state index contributed by atoms with van der Waals surface area (Å²) in [7, 11) is 1.39. The zero-order valence-electron chi connectivity index (χ0n) is 11.7. The van der Waals surface area contributed by atoms with Crippen molar-refractivity contribution in [2.45, 2.75) is 0 Å². The van der Waals surface area contributed by atoms with Gasteiger partial charge in [0, 0.05) is 5.56 Å². The Morgan fingerprint density at radius 3 is 2.52 bits per heavy atom. The van der Waals surface area contributed by atoms with Crippen LogP contribution in [-0.4, -0.2) is 37.6 Å². The molecule has 0 aliphatic carbocycles. The molecule has 0 radical (unpaired) electrons. The number of nitrogens with zero attached hydrogens (tertiary/aromatic N) is 1. The molecule has 0 aliphatic rings. The molecular weight excluding hydrogens is 274 g/mol. The van der Waals surface area contributed by atoms with E-state index in [1.165, 1.54) is 25.5 Å². The number of benzene rings is 1. The monoisotopic (exact) mass is 291 g/mol. The minimum Gasteiger partial charge on any atom is -0.486 e. The van der Waals surface area contributed by atoms with E-state index in [-0.39, 0.29) is 24.5 Å². The fourth-order valence-electron chi connectivity index (χ4n) is 1.51. The van der Waals surface area contributed by atoms with Gasteiger partial charge >= 0.3 is 5.97 Å². The van der Waals surface area contributed by atoms with Crippen LogP contribution in [0.2, 0.25) is 0 Å². The summed E-state index contributed by atoms with van der Waals surface area (Å²) < 4.78 is 11.0. The molecule has 0 spiro atoms. The third-order valence-electron chi connectivity index (χ3n) is 2.33. The van der Waals surface area contributed by atoms with Gasteiger partial charge in [0.15, 0.2) is 11.5 Å². The number of carboxylic acids is 1. The van der Waals surface area contributed by atoms with Crippen molar-refractivity contribution in [1.29, 1.82) is 0 Å². The SMILES string of the molecule is C=CCOc1cc(C(=O)O)cc(C=NOC)c1OCC=C. The molecule has 0 bridgehead atoms. The molecule has 1 aromatic carbocycles. The maximum Gasteiger partial charge on any atom is 0.335 e. The second-order valence-corrected chi connectivity index (χ2v) is 3.81. The summed E-state index contributed by atoms with van der Waals surface area (Å²) in [6, 6.07) is 2.80. The van der Waals surface area contributed by atoms with Crippen LogP contribution in [0.5, 0.6) is 11.5 Å². The van der Waals surface area contributed by atoms with Gasteiger partial charge in [0.05, 0.1) is 11.8 Å². The molecule has 21 heavy (non-hydrogen) atoms. The highest BCUT2D eigenvalue weighted by Gasteiger charge is 2.16. The minimum atomic E-state index is -1.08. The lowest BCUT2D eigenvalue weighted by atomic mass is 10.1. The quantitative estimate of drug-likeness (QED) is 0.429. The highest BCUT2D eigenvalue weighted by atomic mass is 16.6. The first kappa shape index (κ1) is 16.3. The summed E-state index contributed by atoms with van der Waals surface area (Å²) in [6.45, 7) is 7.58. The van der Waals surface area contributed by atoms with Crippen molar-refractivity contribution in [2.75, 3.05) is 20.3 Å². The lowest BCUT2D eigenvalue weighted by Crippen LogP contribution is -2.06. The van der Waals surface area contributed by atoms with E-state index in [0.29, 0.717) is 11.3 Å². The van der Waals surface area contributed by atoms with Crippen LogP contribution in [-0.2, 0) is 4.84 Å². The second-order valence-electron chi connectivity index (χ2n) is 3.81. The van der Waals surface area contributed by atoms with Crippen molar-refractivity contribution in [3.8, 4) is 11.5 Å². The zero-order valence-corrected chi connectivity index (χ0v) is 11.7. The zero-order chi connectivity index (χ0) is 15.7. The molecule has 0 saturated heterocycles. The van der Waals surface area contributed by atoms with E-state index in [9.17, 15) is 4.79 Å². The van der Waals surface area contributed by atoms with Gasteiger partial charge < -0.3 is 19.4 Å². The maximum absolute atomic E-state index is 11.2. The van der Waals surface area contributed by atoms with Crippen LogP contribution in [0.3, 0.4) is 0 Å². The topological polar surface area (TPSA) is 77.4 Å². The van der Waals surface area contributed by atoms with Crippen LogP contribution in [0.1, 0.15) is 15.9 Å². The molecule has 0 amide bonds. The number of hydrogen-bond donors (Lipinski definition) is 1. The van der Waals surface area contributed by atoms with E-state index in [0.717, 1.165) is 0 Å². The molecule has 0 aliphatic heterocycles. The fourth-order valence-corrected chi connectivity index (χ4v) is 1.51. The van der Waals surface area contributed by atoms with Gasteiger partial charge in [-0.3, -0.25) is 0 Å². The standard InChI is InChI=1S/C15H17NO5/c1-4-6-20-13-9-11(15(17)18)8-12(10-16-19-3)14(13)21-7-5-2/h4-5,8-10H,1-2,6-7H2,3H3,(H,17,18). The lowest BCUT2D eigenvalue weighted by Gasteiger charge is -2.14. The summed E-state index contributed by atoms with van der Waals surface area (Å²) in [5.74, 6) is -0.433. The predicted molar refractivity (Wildman–Crippen MR) is 79.4 cm³/mol. The van der Waals surface area contributed by atoms with Crippen molar-refractivity contribution >= 4 is 12.2 Å². The van der Waals surface area contributed by atoms with Gasteiger partial charge in [0.2, 0.25) is 0 Å². The molecule has 0 unspecified atom stereocenters. The van der Waals surface area contributed by atoms with Gasteiger partial charge in [-0.15, -0.1) is 0 Å². The van der Waals surface area contributed by atoms with Crippen molar-refractivity contribution in [1.82, 2.24) is 0 Å². The number of rotatable bonds is 9. The van der Waals surface area contributed by atoms with Gasteiger partial charge in [0.25, 0.3) is 0 Å². The first-order chi connectivity index (χ1) is 10.1. The molecule has 1 N–H and O–H groups in total. The number of carboxylic acid groups (broad SMARTS) is 1. The van der Waals surface area contributed by atoms with E-state index < -0.39 is 5.97 Å². The smallest absolute Gasteiger partial charge is 0.335 e. The first-order valence-corrected chi connectivity index (χ1v) is 6.09. The van der Waals surface area contributed by atoms with Crippen LogP contribution in [0.4, 0.5) is 0 Å². The van der Waals surface area contributed by atoms with Crippen LogP contribution in [0.15, 0.2) is 42.6 Å². The van der Waals surface area contributed by atoms with Gasteiger partial charge in [-0.25, -0.2) is 4.79 Å². The average Bonchev–Trinajstić information content (AvgIpc) is 2.48. The number of ether oxygens (including phenoxy) is 2. The Labute approximate surface area is 122 Å². The molecule has 0 aromatic heterocycles. The Morgan fingerprint density at radius 1 is 1.29 bits per heavy atom. The van der Waals surface area contributed by atoms with E-state index in [1.54, 1.807) is 12.2 Å². The molecular formula is C15H17NO5. The van der Waals surface area contributed by atoms with E-state index in [1.807, 2.05) is 0 Å². The van der Waals surface area contributed by atoms with Crippen LogP contribution < -0.4 is 9.47 Å². The number of aromatic carboxylic acids is 1. The van der Waals surface area contributed by atoms with Crippen LogP contribution in [0.25, 0.3) is 0 Å². The summed E-state index contributed by atoms with van der Waals surface area (Å²) >= 11 is 0. The van der Waals surface area contributed by atoms with Gasteiger partial charge in [0.1, 0.15) is 20.3 Å². The molecule has 112 valence electrons. The molecule has 6 nitrogen and oxygen atoms in total. The van der Waals surface area contributed by atoms with Crippen LogP contribution >= 0.6 is 0 Å². The van der Waals surface area contributed by atoms with Crippen molar-refractivity contribution in [2.24, 2.45) is 5.16 Å². The summed E-state index contributed by atoms with van der Waals surface area (Å²) in [5, 5.41) is 12.8. The Morgan fingerprint density at radius 2 is 1.95 bits per heavy atom. The molecule has 0 atom stereocenters. The van der Waals surface area contributed by atoms with Crippen molar-refractivity contribution in [3.05, 3.63) is 48.6 Å². The van der Waals surface area contributed by atoms with E-state index in [4.69, 9.17) is 14.6 Å². The third-order valence-corrected chi connectivity index (χ3v) is 2.33. The number of oxime groups is 1. The largest absolute Gasteiger partial charge is 0.486 e. The van der Waals surface area contributed by atoms with E-state index >= 15 is 0 Å². The maximum atomic E-state index is 11.2. The lowest BCUT2D eigenvalue weighted by molar-refractivity contribution is 0.0696. The van der Waals surface area contributed by atoms with Gasteiger partial charge in [-0.2, -0.15) is 0 Å². The Bertz CT molecular complexity index is 551. The molecule has 0 fully saturated rings. The summed E-state index contributed by atoms with van der Waals surface area (Å²) in [4.78, 5) is 15.8. The minimum absolute atomic E-state index is 0.0533. The Balaban J connectivity index is 3.35. The molecule has 6 heteroatoms. The van der Waals surface area contributed by atoms with Gasteiger partial charge in [-0.05, 0) is 12.1 Å². The van der Waals surface area contributed by atoms with Crippen molar-refractivity contribution < 1.29 is 24.2 Å². The van der Waals surface area contributed by atoms with E-state index in [2.05, 4.69) is 23.2 Å². The highest BCUT2D eigenvalue weighted by molar-refractivity contribution is 5.94. The summed E-state index contributed by atoms with van der Waals surface area (Å²) in [5.41, 5.74) is 0.482. The molecule has 0 saturated carbocycles. The Hall–Kier alpha value is -2.76. The highest BCUT2D eigenvalue weighted by Crippen LogP contribution is 2.32.